The van der Waals surface area contributed by atoms with Crippen molar-refractivity contribution in [3.63, 3.8) is 0 Å². The van der Waals surface area contributed by atoms with Crippen molar-refractivity contribution < 1.29 is 4.74 Å². The average molecular weight is 499 g/mol. The van der Waals surface area contributed by atoms with E-state index in [0.717, 1.165) is 39.9 Å². The minimum Gasteiger partial charge on any atom is -0.494 e. The molecule has 0 N–H and O–H groups in total. The molecule has 0 bridgehead atoms. The lowest BCUT2D eigenvalue weighted by Gasteiger charge is -2.30. The second kappa shape index (κ2) is 10.9. The molecule has 0 saturated carbocycles. The lowest BCUT2D eigenvalue weighted by atomic mass is 10.1. The molecule has 0 aliphatic rings. The summed E-state index contributed by atoms with van der Waals surface area (Å²) in [5.41, 5.74) is 11.3. The highest BCUT2D eigenvalue weighted by molar-refractivity contribution is 5.84. The van der Waals surface area contributed by atoms with Gasteiger partial charge in [-0.1, -0.05) is 70.8 Å². The first-order chi connectivity index (χ1) is 18.4. The maximum Gasteiger partial charge on any atom is 0.144 e. The summed E-state index contributed by atoms with van der Waals surface area (Å²) in [6, 6.07) is 41.0. The van der Waals surface area contributed by atoms with Crippen molar-refractivity contribution in [2.45, 2.75) is 27.7 Å². The lowest BCUT2D eigenvalue weighted by molar-refractivity contribution is 0.416. The van der Waals surface area contributed by atoms with Crippen LogP contribution in [0.5, 0.6) is 5.75 Å². The van der Waals surface area contributed by atoms with Crippen molar-refractivity contribution in [2.75, 3.05) is 16.9 Å². The van der Waals surface area contributed by atoms with Gasteiger partial charge >= 0.3 is 0 Å². The van der Waals surface area contributed by atoms with Gasteiger partial charge in [-0.05, 0) is 88.4 Å². The second-order valence-corrected chi connectivity index (χ2v) is 9.87. The Morgan fingerprint density at radius 1 is 0.395 bits per heavy atom. The van der Waals surface area contributed by atoms with E-state index in [2.05, 4.69) is 153 Å². The smallest absolute Gasteiger partial charge is 0.144 e. The van der Waals surface area contributed by atoms with Gasteiger partial charge in [-0.15, -0.1) is 0 Å². The standard InChI is InChI=1S/C35H34N2O/c1-25-6-14-29(15-7-25)36(30-16-8-26(2)9-17-30)33-22-23-34(35(24-33)38-5)37(31-18-10-27(3)11-19-31)32-20-12-28(4)13-21-32/h6-24H,1-5H3. The van der Waals surface area contributed by atoms with Crippen LogP contribution in [0.3, 0.4) is 0 Å². The fourth-order valence-electron chi connectivity index (χ4n) is 4.64. The molecule has 0 spiro atoms. The fourth-order valence-corrected chi connectivity index (χ4v) is 4.64. The Hall–Kier alpha value is -4.50. The molecule has 38 heavy (non-hydrogen) atoms. The third-order valence-electron chi connectivity index (χ3n) is 6.83. The topological polar surface area (TPSA) is 15.7 Å². The van der Waals surface area contributed by atoms with Gasteiger partial charge in [-0.3, -0.25) is 0 Å². The summed E-state index contributed by atoms with van der Waals surface area (Å²) in [6.45, 7) is 8.45. The molecule has 0 aliphatic carbocycles. The van der Waals surface area contributed by atoms with Crippen LogP contribution in [-0.2, 0) is 0 Å². The molecule has 5 aromatic rings. The highest BCUT2D eigenvalue weighted by Crippen LogP contribution is 2.44. The third-order valence-corrected chi connectivity index (χ3v) is 6.83. The van der Waals surface area contributed by atoms with Crippen LogP contribution in [0, 0.1) is 27.7 Å². The van der Waals surface area contributed by atoms with Crippen molar-refractivity contribution in [2.24, 2.45) is 0 Å². The second-order valence-electron chi connectivity index (χ2n) is 9.87. The Bertz CT molecular complexity index is 1410. The van der Waals surface area contributed by atoms with Gasteiger partial charge in [-0.2, -0.15) is 0 Å². The number of nitrogens with zero attached hydrogens (tertiary/aromatic N) is 2. The zero-order valence-corrected chi connectivity index (χ0v) is 22.8. The molecule has 0 aromatic heterocycles. The maximum atomic E-state index is 6.05. The first-order valence-electron chi connectivity index (χ1n) is 13.0. The van der Waals surface area contributed by atoms with Crippen molar-refractivity contribution in [3.8, 4) is 5.75 Å². The van der Waals surface area contributed by atoms with Crippen LogP contribution < -0.4 is 14.5 Å². The van der Waals surface area contributed by atoms with Crippen LogP contribution in [0.15, 0.2) is 115 Å². The summed E-state index contributed by atoms with van der Waals surface area (Å²) in [7, 11) is 1.74. The molecule has 0 fully saturated rings. The minimum absolute atomic E-state index is 0.799. The molecule has 0 atom stereocenters. The monoisotopic (exact) mass is 498 g/mol. The molecular formula is C35H34N2O. The molecule has 0 aliphatic heterocycles. The molecule has 0 heterocycles. The van der Waals surface area contributed by atoms with Gasteiger partial charge in [0.05, 0.1) is 12.8 Å². The Labute approximate surface area is 226 Å². The van der Waals surface area contributed by atoms with Gasteiger partial charge in [0.2, 0.25) is 0 Å². The number of methoxy groups -OCH3 is 1. The highest BCUT2D eigenvalue weighted by Gasteiger charge is 2.20. The van der Waals surface area contributed by atoms with Gasteiger partial charge < -0.3 is 14.5 Å². The van der Waals surface area contributed by atoms with E-state index in [9.17, 15) is 0 Å². The first kappa shape index (κ1) is 25.2. The number of ether oxygens (including phenoxy) is 1. The molecule has 0 unspecified atom stereocenters. The summed E-state index contributed by atoms with van der Waals surface area (Å²) in [5, 5.41) is 0. The van der Waals surface area contributed by atoms with E-state index in [1.54, 1.807) is 7.11 Å². The van der Waals surface area contributed by atoms with Crippen LogP contribution >= 0.6 is 0 Å². The zero-order chi connectivity index (χ0) is 26.6. The van der Waals surface area contributed by atoms with Crippen LogP contribution in [0.4, 0.5) is 34.1 Å². The van der Waals surface area contributed by atoms with Crippen LogP contribution in [0.2, 0.25) is 0 Å². The van der Waals surface area contributed by atoms with E-state index >= 15 is 0 Å². The first-order valence-corrected chi connectivity index (χ1v) is 13.0. The van der Waals surface area contributed by atoms with Crippen molar-refractivity contribution in [3.05, 3.63) is 138 Å². The van der Waals surface area contributed by atoms with E-state index in [1.807, 2.05) is 0 Å². The number of rotatable bonds is 7. The fraction of sp³-hybridized carbons (Fsp3) is 0.143. The molecule has 5 aromatic carbocycles. The van der Waals surface area contributed by atoms with E-state index < -0.39 is 0 Å². The van der Waals surface area contributed by atoms with E-state index in [-0.39, 0.29) is 0 Å². The SMILES string of the molecule is COc1cc(N(c2ccc(C)cc2)c2ccc(C)cc2)ccc1N(c1ccc(C)cc1)c1ccc(C)cc1. The summed E-state index contributed by atoms with van der Waals surface area (Å²) >= 11 is 0. The number of aryl methyl sites for hydroxylation is 4. The van der Waals surface area contributed by atoms with Gasteiger partial charge in [0.1, 0.15) is 5.75 Å². The lowest BCUT2D eigenvalue weighted by Crippen LogP contribution is -2.13. The summed E-state index contributed by atoms with van der Waals surface area (Å²) < 4.78 is 6.05. The third kappa shape index (κ3) is 5.28. The minimum atomic E-state index is 0.799. The van der Waals surface area contributed by atoms with Crippen molar-refractivity contribution in [1.29, 1.82) is 0 Å². The van der Waals surface area contributed by atoms with Crippen molar-refractivity contribution in [1.82, 2.24) is 0 Å². The van der Waals surface area contributed by atoms with Gasteiger partial charge in [0, 0.05) is 34.5 Å². The zero-order valence-electron chi connectivity index (χ0n) is 22.8. The Morgan fingerprint density at radius 3 is 1.05 bits per heavy atom. The van der Waals surface area contributed by atoms with Gasteiger partial charge in [0.15, 0.2) is 0 Å². The van der Waals surface area contributed by atoms with E-state index in [0.29, 0.717) is 0 Å². The van der Waals surface area contributed by atoms with Crippen LogP contribution in [-0.4, -0.2) is 7.11 Å². The van der Waals surface area contributed by atoms with Crippen LogP contribution in [0.25, 0.3) is 0 Å². The van der Waals surface area contributed by atoms with Crippen LogP contribution in [0.1, 0.15) is 22.3 Å². The predicted octanol–water partition coefficient (Wildman–Crippen LogP) is 9.87. The summed E-state index contributed by atoms with van der Waals surface area (Å²) in [4.78, 5) is 4.52. The molecule has 190 valence electrons. The van der Waals surface area contributed by atoms with Gasteiger partial charge in [0.25, 0.3) is 0 Å². The summed E-state index contributed by atoms with van der Waals surface area (Å²) in [6.07, 6.45) is 0. The molecular weight excluding hydrogens is 464 g/mol. The summed E-state index contributed by atoms with van der Waals surface area (Å²) in [5.74, 6) is 0.799. The number of hydrogen-bond donors (Lipinski definition) is 0. The van der Waals surface area contributed by atoms with E-state index in [4.69, 9.17) is 4.74 Å². The molecule has 5 rings (SSSR count). The number of anilines is 6. The number of benzene rings is 5. The maximum absolute atomic E-state index is 6.05. The molecule has 0 amide bonds. The highest BCUT2D eigenvalue weighted by atomic mass is 16.5. The quantitative estimate of drug-likeness (QED) is 0.222. The molecule has 3 heteroatoms. The Balaban J connectivity index is 1.65. The van der Waals surface area contributed by atoms with Gasteiger partial charge in [-0.25, -0.2) is 0 Å². The molecule has 0 saturated heterocycles. The largest absolute Gasteiger partial charge is 0.494 e. The predicted molar refractivity (Wildman–Crippen MR) is 161 cm³/mol. The molecule has 3 nitrogen and oxygen atoms in total. The Morgan fingerprint density at radius 2 is 0.711 bits per heavy atom. The molecule has 0 radical (unpaired) electrons. The Kier molecular flexibility index (Phi) is 7.19. The average Bonchev–Trinajstić information content (AvgIpc) is 2.93. The van der Waals surface area contributed by atoms with E-state index in [1.165, 1.54) is 22.3 Å². The number of hydrogen-bond acceptors (Lipinski definition) is 3. The normalized spacial score (nSPS) is 10.8. The van der Waals surface area contributed by atoms with Crippen molar-refractivity contribution >= 4 is 34.1 Å².